The van der Waals surface area contributed by atoms with Crippen molar-refractivity contribution in [2.45, 2.75) is 18.4 Å². The van der Waals surface area contributed by atoms with Crippen molar-refractivity contribution in [2.24, 2.45) is 0 Å². The van der Waals surface area contributed by atoms with Gasteiger partial charge in [0.05, 0.1) is 13.0 Å². The van der Waals surface area contributed by atoms with Gasteiger partial charge in [-0.25, -0.2) is 4.79 Å². The monoisotopic (exact) mass is 328 g/mol. The molecule has 22 heavy (non-hydrogen) atoms. The van der Waals surface area contributed by atoms with Crippen molar-refractivity contribution >= 4 is 23.7 Å². The molecule has 124 valence electrons. The molecular weight excluding hydrogens is 304 g/mol. The molecule has 0 aromatic carbocycles. The van der Waals surface area contributed by atoms with Gasteiger partial charge in [-0.1, -0.05) is 24.3 Å². The second-order valence-corrected chi connectivity index (χ2v) is 5.15. The number of hydrogen-bond donors (Lipinski definition) is 2. The average molecular weight is 328 g/mol. The van der Waals surface area contributed by atoms with Crippen LogP contribution in [0.15, 0.2) is 50.6 Å². The van der Waals surface area contributed by atoms with E-state index in [0.717, 1.165) is 11.5 Å². The third kappa shape index (κ3) is 10.9. The molecule has 0 spiro atoms. The van der Waals surface area contributed by atoms with Crippen molar-refractivity contribution in [3.05, 3.63) is 50.6 Å². The topological polar surface area (TPSA) is 83.8 Å². The Kier molecular flexibility index (Phi) is 14.5. The highest BCUT2D eigenvalue weighted by Gasteiger charge is 2.40. The predicted octanol–water partition coefficient (Wildman–Crippen LogP) is 3.15. The van der Waals surface area contributed by atoms with E-state index < -0.39 is 24.0 Å². The van der Waals surface area contributed by atoms with E-state index in [2.05, 4.69) is 26.3 Å². The van der Waals surface area contributed by atoms with Crippen molar-refractivity contribution in [1.82, 2.24) is 0 Å². The first-order valence-electron chi connectivity index (χ1n) is 6.50. The van der Waals surface area contributed by atoms with Gasteiger partial charge in [-0.05, 0) is 0 Å². The van der Waals surface area contributed by atoms with Crippen LogP contribution in [0.4, 0.5) is 0 Å². The standard InChI is InChI=1S/C10H14O5.C6H10S/c1-3-5-10(9(13)14,7-8(11)12)15-6-4-2;1-3-5-7-6-4-2/h3-4H,1-2,5-7H2,(H,11,12)(H,13,14);3-4H,1-2,5-6H2. The maximum absolute atomic E-state index is 11.0. The van der Waals surface area contributed by atoms with Crippen LogP contribution in [0, 0.1) is 0 Å². The van der Waals surface area contributed by atoms with Crippen molar-refractivity contribution in [3.63, 3.8) is 0 Å². The minimum absolute atomic E-state index is 0.0204. The number of rotatable bonds is 12. The minimum Gasteiger partial charge on any atom is -0.481 e. The fourth-order valence-corrected chi connectivity index (χ4v) is 1.81. The smallest absolute Gasteiger partial charge is 0.336 e. The average Bonchev–Trinajstić information content (AvgIpc) is 2.45. The fraction of sp³-hybridized carbons (Fsp3) is 0.375. The van der Waals surface area contributed by atoms with E-state index in [-0.39, 0.29) is 13.0 Å². The number of hydrogen-bond acceptors (Lipinski definition) is 4. The maximum atomic E-state index is 11.0. The maximum Gasteiger partial charge on any atom is 0.336 e. The van der Waals surface area contributed by atoms with Crippen molar-refractivity contribution in [1.29, 1.82) is 0 Å². The highest BCUT2D eigenvalue weighted by Crippen LogP contribution is 2.22. The third-order valence-electron chi connectivity index (χ3n) is 2.25. The van der Waals surface area contributed by atoms with Gasteiger partial charge in [0.1, 0.15) is 0 Å². The van der Waals surface area contributed by atoms with E-state index in [1.165, 1.54) is 12.2 Å². The molecule has 1 atom stereocenters. The second-order valence-electron chi connectivity index (χ2n) is 4.08. The zero-order valence-electron chi connectivity index (χ0n) is 12.7. The first kappa shape index (κ1) is 22.5. The lowest BCUT2D eigenvalue weighted by Gasteiger charge is -2.26. The third-order valence-corrected chi connectivity index (χ3v) is 3.19. The molecule has 2 N–H and O–H groups in total. The lowest BCUT2D eigenvalue weighted by Crippen LogP contribution is -2.43. The Balaban J connectivity index is 0. The van der Waals surface area contributed by atoms with Gasteiger partial charge in [-0.3, -0.25) is 4.79 Å². The predicted molar refractivity (Wildman–Crippen MR) is 91.3 cm³/mol. The van der Waals surface area contributed by atoms with Crippen molar-refractivity contribution in [2.75, 3.05) is 18.1 Å². The fourth-order valence-electron chi connectivity index (χ4n) is 1.34. The van der Waals surface area contributed by atoms with E-state index in [4.69, 9.17) is 14.9 Å². The number of ether oxygens (including phenoxy) is 1. The first-order valence-corrected chi connectivity index (χ1v) is 7.66. The van der Waals surface area contributed by atoms with Crippen LogP contribution >= 0.6 is 11.8 Å². The van der Waals surface area contributed by atoms with Gasteiger partial charge in [0.25, 0.3) is 0 Å². The Hall–Kier alpha value is -1.79. The summed E-state index contributed by atoms with van der Waals surface area (Å²) < 4.78 is 5.02. The molecule has 0 rings (SSSR count). The molecule has 0 aliphatic rings. The molecule has 0 saturated carbocycles. The zero-order chi connectivity index (χ0) is 17.4. The summed E-state index contributed by atoms with van der Waals surface area (Å²) >= 11 is 1.82. The van der Waals surface area contributed by atoms with E-state index in [0.29, 0.717) is 0 Å². The van der Waals surface area contributed by atoms with Gasteiger partial charge >= 0.3 is 11.9 Å². The summed E-state index contributed by atoms with van der Waals surface area (Å²) in [6.07, 6.45) is 5.80. The summed E-state index contributed by atoms with van der Waals surface area (Å²) in [6, 6.07) is 0. The van der Waals surface area contributed by atoms with Gasteiger partial charge in [-0.2, -0.15) is 11.8 Å². The van der Waals surface area contributed by atoms with Crippen LogP contribution in [0.25, 0.3) is 0 Å². The van der Waals surface area contributed by atoms with Crippen molar-refractivity contribution < 1.29 is 24.5 Å². The lowest BCUT2D eigenvalue weighted by molar-refractivity contribution is -0.171. The second kappa shape index (κ2) is 14.2. The molecular formula is C16H24O5S. The summed E-state index contributed by atoms with van der Waals surface area (Å²) in [7, 11) is 0. The number of aliphatic carboxylic acids is 2. The number of carboxylic acids is 2. The highest BCUT2D eigenvalue weighted by molar-refractivity contribution is 7.99. The molecule has 0 saturated heterocycles. The molecule has 0 fully saturated rings. The largest absolute Gasteiger partial charge is 0.481 e. The normalized spacial score (nSPS) is 12.0. The molecule has 6 heteroatoms. The molecule has 0 radical (unpaired) electrons. The van der Waals surface area contributed by atoms with Gasteiger partial charge in [-0.15, -0.1) is 26.3 Å². The Labute approximate surface area is 136 Å². The van der Waals surface area contributed by atoms with E-state index in [9.17, 15) is 9.59 Å². The van der Waals surface area contributed by atoms with Crippen LogP contribution < -0.4 is 0 Å². The van der Waals surface area contributed by atoms with Crippen LogP contribution in [0.1, 0.15) is 12.8 Å². The van der Waals surface area contributed by atoms with Crippen LogP contribution in [-0.2, 0) is 14.3 Å². The molecule has 0 bridgehead atoms. The number of carboxylic acid groups (broad SMARTS) is 2. The van der Waals surface area contributed by atoms with Crippen LogP contribution in [0.3, 0.4) is 0 Å². The summed E-state index contributed by atoms with van der Waals surface area (Å²) in [6.45, 7) is 13.9. The van der Waals surface area contributed by atoms with Crippen LogP contribution in [0.2, 0.25) is 0 Å². The van der Waals surface area contributed by atoms with Crippen LogP contribution in [-0.4, -0.2) is 45.9 Å². The highest BCUT2D eigenvalue weighted by atomic mass is 32.2. The number of carbonyl (C=O) groups is 2. The van der Waals surface area contributed by atoms with Gasteiger partial charge in [0, 0.05) is 17.9 Å². The Morgan fingerprint density at radius 2 is 1.55 bits per heavy atom. The zero-order valence-corrected chi connectivity index (χ0v) is 13.5. The van der Waals surface area contributed by atoms with E-state index >= 15 is 0 Å². The van der Waals surface area contributed by atoms with Crippen molar-refractivity contribution in [3.8, 4) is 0 Å². The van der Waals surface area contributed by atoms with E-state index in [1.54, 1.807) is 0 Å². The van der Waals surface area contributed by atoms with Gasteiger partial charge < -0.3 is 14.9 Å². The molecule has 0 amide bonds. The summed E-state index contributed by atoms with van der Waals surface area (Å²) in [5.41, 5.74) is -1.75. The van der Waals surface area contributed by atoms with Gasteiger partial charge in [0.15, 0.2) is 5.60 Å². The Bertz CT molecular complexity index is 384. The molecule has 0 aromatic heterocycles. The lowest BCUT2D eigenvalue weighted by atomic mass is 9.95. The van der Waals surface area contributed by atoms with Gasteiger partial charge in [0.2, 0.25) is 0 Å². The molecule has 0 aliphatic heterocycles. The quantitative estimate of drug-likeness (QED) is 0.423. The molecule has 0 aliphatic carbocycles. The molecule has 0 aromatic rings. The molecule has 1 unspecified atom stereocenters. The molecule has 0 heterocycles. The SMILES string of the molecule is C=CCOC(CC=C)(CC(=O)O)C(=O)O.C=CCSCC=C. The van der Waals surface area contributed by atoms with Crippen LogP contribution in [0.5, 0.6) is 0 Å². The summed E-state index contributed by atoms with van der Waals surface area (Å²) in [5, 5.41) is 17.6. The Morgan fingerprint density at radius 1 is 1.00 bits per heavy atom. The summed E-state index contributed by atoms with van der Waals surface area (Å²) in [5.74, 6) is -0.479. The number of thioether (sulfide) groups is 1. The Morgan fingerprint density at radius 3 is 1.86 bits per heavy atom. The minimum atomic E-state index is -1.75. The van der Waals surface area contributed by atoms with E-state index in [1.807, 2.05) is 23.9 Å². The first-order chi connectivity index (χ1) is 10.4. The summed E-state index contributed by atoms with van der Waals surface area (Å²) in [4.78, 5) is 21.5. The molecule has 5 nitrogen and oxygen atoms in total.